The number of carboxylic acid groups (broad SMARTS) is 1. The first-order valence-corrected chi connectivity index (χ1v) is 16.9. The van der Waals surface area contributed by atoms with Crippen molar-refractivity contribution in [1.82, 2.24) is 34.8 Å². The summed E-state index contributed by atoms with van der Waals surface area (Å²) < 4.78 is 47.3. The van der Waals surface area contributed by atoms with Crippen LogP contribution in [0, 0.1) is 5.41 Å². The number of halogens is 3. The smallest absolute Gasteiger partial charge is 0.433 e. The third kappa shape index (κ3) is 8.15. The molecule has 5 heterocycles. The first kappa shape index (κ1) is 35.5. The maximum atomic E-state index is 14.0. The fourth-order valence-corrected chi connectivity index (χ4v) is 6.71. The topological polar surface area (TPSA) is 136 Å². The molecule has 1 saturated carbocycles. The van der Waals surface area contributed by atoms with Gasteiger partial charge in [-0.3, -0.25) is 9.69 Å². The molecule has 4 aromatic heterocycles. The van der Waals surface area contributed by atoms with Gasteiger partial charge in [0.25, 0.3) is 0 Å². The Kier molecular flexibility index (Phi) is 10.00. The van der Waals surface area contributed by atoms with Crippen molar-refractivity contribution in [3.63, 3.8) is 0 Å². The summed E-state index contributed by atoms with van der Waals surface area (Å²) in [4.78, 5) is 43.6. The third-order valence-electron chi connectivity index (χ3n) is 9.29. The highest BCUT2D eigenvalue weighted by atomic mass is 19.4. The number of hydrogen-bond donors (Lipinski definition) is 2. The molecule has 2 aliphatic rings. The summed E-state index contributed by atoms with van der Waals surface area (Å²) >= 11 is 0. The minimum atomic E-state index is -4.59. The molecule has 268 valence electrons. The number of hydrogen-bond acceptors (Lipinski definition) is 10. The molecule has 1 saturated heterocycles. The highest BCUT2D eigenvalue weighted by molar-refractivity contribution is 5.91. The van der Waals surface area contributed by atoms with E-state index < -0.39 is 17.8 Å². The highest BCUT2D eigenvalue weighted by Crippen LogP contribution is 2.42. The molecule has 4 aromatic rings. The van der Waals surface area contributed by atoms with Gasteiger partial charge in [-0.1, -0.05) is 13.8 Å². The standard InChI is InChI=1S/C35H44F3N9O3/c1-21-18-47(12-11-46(21)10-6-7-30(48)49)29-17-39-26(16-40-29)32-43-31-27(45(4)19-34(2,3)20-50-5)15-25(42-33(31)44-32)23-13-24(22-8-9-22)41-28(14-23)35(36,37)38/h13-17,21-22H,6-12,18-20H2,1-5H3,(H,48,49)(H,42,43,44)/t21-/m1/s1. The van der Waals surface area contributed by atoms with E-state index in [1.807, 2.05) is 11.9 Å². The minimum absolute atomic E-state index is 0.0196. The van der Waals surface area contributed by atoms with Gasteiger partial charge in [-0.25, -0.2) is 24.9 Å². The number of nitrogens with one attached hydrogen (secondary N) is 1. The van der Waals surface area contributed by atoms with E-state index in [2.05, 4.69) is 45.5 Å². The molecule has 0 radical (unpaired) electrons. The maximum absolute atomic E-state index is 14.0. The summed E-state index contributed by atoms with van der Waals surface area (Å²) in [6.07, 6.45) is 1.18. The van der Waals surface area contributed by atoms with Crippen LogP contribution in [0.1, 0.15) is 63.8 Å². The number of fused-ring (bicyclic) bond motifs is 1. The Hall–Kier alpha value is -4.37. The number of ether oxygens (including phenoxy) is 1. The number of aromatic amines is 1. The van der Waals surface area contributed by atoms with Gasteiger partial charge in [-0.15, -0.1) is 0 Å². The van der Waals surface area contributed by atoms with Gasteiger partial charge in [0.2, 0.25) is 0 Å². The highest BCUT2D eigenvalue weighted by Gasteiger charge is 2.36. The lowest BCUT2D eigenvalue weighted by Crippen LogP contribution is -2.52. The Morgan fingerprint density at radius 1 is 1.08 bits per heavy atom. The van der Waals surface area contributed by atoms with Crippen LogP contribution in [-0.2, 0) is 15.7 Å². The normalized spacial score (nSPS) is 17.4. The summed E-state index contributed by atoms with van der Waals surface area (Å²) in [6.45, 7) is 10.4. The van der Waals surface area contributed by atoms with Crippen LogP contribution in [0.3, 0.4) is 0 Å². The second kappa shape index (κ2) is 14.1. The van der Waals surface area contributed by atoms with Crippen molar-refractivity contribution in [2.75, 3.05) is 63.3 Å². The van der Waals surface area contributed by atoms with Crippen LogP contribution in [0.5, 0.6) is 0 Å². The Balaban J connectivity index is 1.31. The van der Waals surface area contributed by atoms with Crippen molar-refractivity contribution in [2.24, 2.45) is 5.41 Å². The van der Waals surface area contributed by atoms with Gasteiger partial charge >= 0.3 is 12.1 Å². The summed E-state index contributed by atoms with van der Waals surface area (Å²) in [5.74, 6) is 0.409. The van der Waals surface area contributed by atoms with Crippen LogP contribution in [0.2, 0.25) is 0 Å². The Morgan fingerprint density at radius 3 is 2.50 bits per heavy atom. The number of alkyl halides is 3. The molecular formula is C35H44F3N9O3. The summed E-state index contributed by atoms with van der Waals surface area (Å²) in [7, 11) is 3.59. The zero-order valence-electron chi connectivity index (χ0n) is 29.1. The number of carboxylic acids is 1. The van der Waals surface area contributed by atoms with E-state index in [0.717, 1.165) is 56.6 Å². The average Bonchev–Trinajstić information content (AvgIpc) is 3.82. The summed E-state index contributed by atoms with van der Waals surface area (Å²) in [5, 5.41) is 8.97. The molecule has 12 nitrogen and oxygen atoms in total. The van der Waals surface area contributed by atoms with Crippen LogP contribution >= 0.6 is 0 Å². The van der Waals surface area contributed by atoms with Crippen molar-refractivity contribution in [2.45, 2.75) is 64.6 Å². The van der Waals surface area contributed by atoms with Crippen molar-refractivity contribution in [1.29, 1.82) is 0 Å². The van der Waals surface area contributed by atoms with E-state index in [9.17, 15) is 18.0 Å². The number of aromatic nitrogens is 6. The van der Waals surface area contributed by atoms with Crippen LogP contribution in [-0.4, -0.2) is 105 Å². The molecule has 2 N–H and O–H groups in total. The van der Waals surface area contributed by atoms with Gasteiger partial charge in [0.15, 0.2) is 11.5 Å². The molecule has 1 aliphatic heterocycles. The van der Waals surface area contributed by atoms with E-state index in [4.69, 9.17) is 24.8 Å². The van der Waals surface area contributed by atoms with Crippen molar-refractivity contribution in [3.05, 3.63) is 42.0 Å². The monoisotopic (exact) mass is 695 g/mol. The van der Waals surface area contributed by atoms with Gasteiger partial charge in [0.05, 0.1) is 30.4 Å². The second-order valence-corrected chi connectivity index (χ2v) is 14.3. The van der Waals surface area contributed by atoms with E-state index >= 15 is 0 Å². The molecule has 1 aliphatic carbocycles. The maximum Gasteiger partial charge on any atom is 0.433 e. The second-order valence-electron chi connectivity index (χ2n) is 14.3. The van der Waals surface area contributed by atoms with Gasteiger partial charge < -0.3 is 24.6 Å². The van der Waals surface area contributed by atoms with Crippen LogP contribution in [0.25, 0.3) is 33.9 Å². The SMILES string of the molecule is COCC(C)(C)CN(C)c1cc(-c2cc(C3CC3)nc(C(F)(F)F)c2)nc2nc(-c3cnc(N4CCN(CCCC(=O)O)[C@H](C)C4)cn3)[nH]c12. The van der Waals surface area contributed by atoms with Crippen molar-refractivity contribution >= 4 is 28.6 Å². The first-order valence-electron chi connectivity index (χ1n) is 16.9. The molecular weight excluding hydrogens is 651 g/mol. The van der Waals surface area contributed by atoms with E-state index in [-0.39, 0.29) is 23.8 Å². The fraction of sp³-hybridized carbons (Fsp3) is 0.543. The number of nitrogens with zero attached hydrogens (tertiary/aromatic N) is 8. The molecule has 0 bridgehead atoms. The number of piperazine rings is 1. The number of imidazole rings is 1. The quantitative estimate of drug-likeness (QED) is 0.174. The molecule has 6 rings (SSSR count). The molecule has 0 unspecified atom stereocenters. The van der Waals surface area contributed by atoms with E-state index in [1.54, 1.807) is 31.6 Å². The lowest BCUT2D eigenvalue weighted by atomic mass is 9.94. The summed E-state index contributed by atoms with van der Waals surface area (Å²) in [6, 6.07) is 4.81. The summed E-state index contributed by atoms with van der Waals surface area (Å²) in [5.41, 5.74) is 2.19. The number of methoxy groups -OCH3 is 1. The zero-order valence-corrected chi connectivity index (χ0v) is 29.1. The van der Waals surface area contributed by atoms with Gasteiger partial charge in [0, 0.05) is 75.4 Å². The van der Waals surface area contributed by atoms with Gasteiger partial charge in [-0.05, 0) is 50.9 Å². The molecule has 0 amide bonds. The van der Waals surface area contributed by atoms with Crippen molar-refractivity contribution in [3.8, 4) is 22.8 Å². The van der Waals surface area contributed by atoms with Gasteiger partial charge in [-0.2, -0.15) is 13.2 Å². The van der Waals surface area contributed by atoms with Crippen molar-refractivity contribution < 1.29 is 27.8 Å². The lowest BCUT2D eigenvalue weighted by Gasteiger charge is -2.40. The molecule has 1 atom stereocenters. The largest absolute Gasteiger partial charge is 0.481 e. The Morgan fingerprint density at radius 2 is 1.86 bits per heavy atom. The minimum Gasteiger partial charge on any atom is -0.481 e. The first-order chi connectivity index (χ1) is 23.7. The molecule has 0 aromatic carbocycles. The number of rotatable bonds is 13. The third-order valence-corrected chi connectivity index (χ3v) is 9.29. The average molecular weight is 696 g/mol. The van der Waals surface area contributed by atoms with E-state index in [1.165, 1.54) is 0 Å². The molecule has 2 fully saturated rings. The number of pyridine rings is 2. The molecule has 15 heteroatoms. The predicted molar refractivity (Wildman–Crippen MR) is 184 cm³/mol. The van der Waals surface area contributed by atoms with Crippen LogP contribution in [0.4, 0.5) is 24.7 Å². The molecule has 0 spiro atoms. The number of carbonyl (C=O) groups is 1. The predicted octanol–water partition coefficient (Wildman–Crippen LogP) is 5.86. The zero-order chi connectivity index (χ0) is 35.8. The molecule has 50 heavy (non-hydrogen) atoms. The van der Waals surface area contributed by atoms with Crippen LogP contribution < -0.4 is 9.80 Å². The van der Waals surface area contributed by atoms with E-state index in [0.29, 0.717) is 59.2 Å². The van der Waals surface area contributed by atoms with Crippen LogP contribution in [0.15, 0.2) is 30.6 Å². The Labute approximate surface area is 289 Å². The fourth-order valence-electron chi connectivity index (χ4n) is 6.71. The Bertz CT molecular complexity index is 1830. The lowest BCUT2D eigenvalue weighted by molar-refractivity contribution is -0.141. The number of anilines is 2. The number of H-pyrrole nitrogens is 1. The van der Waals surface area contributed by atoms with Gasteiger partial charge in [0.1, 0.15) is 22.7 Å². The number of aliphatic carboxylic acids is 1.